The third-order valence-electron chi connectivity index (χ3n) is 4.46. The van der Waals surface area contributed by atoms with Gasteiger partial charge in [-0.25, -0.2) is 4.79 Å². The summed E-state index contributed by atoms with van der Waals surface area (Å²) in [6.07, 6.45) is 3.04. The zero-order valence-electron chi connectivity index (χ0n) is 16.9. The van der Waals surface area contributed by atoms with Gasteiger partial charge in [0.05, 0.1) is 30.6 Å². The van der Waals surface area contributed by atoms with Gasteiger partial charge in [0.2, 0.25) is 5.91 Å². The summed E-state index contributed by atoms with van der Waals surface area (Å²) in [6, 6.07) is 1.73. The number of carbonyl (C=O) groups is 2. The van der Waals surface area contributed by atoms with E-state index >= 15 is 0 Å². The van der Waals surface area contributed by atoms with Crippen molar-refractivity contribution in [2.75, 3.05) is 24.3 Å². The average molecular weight is 439 g/mol. The van der Waals surface area contributed by atoms with Gasteiger partial charge in [-0.05, 0) is 32.8 Å². The first kappa shape index (κ1) is 21.8. The maximum Gasteiger partial charge on any atom is 0.341 e. The molecule has 10 heteroatoms. The summed E-state index contributed by atoms with van der Waals surface area (Å²) >= 11 is 2.69. The first-order valence-electron chi connectivity index (χ1n) is 9.75. The summed E-state index contributed by atoms with van der Waals surface area (Å²) < 4.78 is 12.8. The van der Waals surface area contributed by atoms with E-state index in [1.165, 1.54) is 23.1 Å². The van der Waals surface area contributed by atoms with Crippen LogP contribution in [0.15, 0.2) is 11.2 Å². The molecule has 3 heterocycles. The Morgan fingerprint density at radius 1 is 1.41 bits per heavy atom. The molecule has 0 aromatic carbocycles. The maximum atomic E-state index is 12.5. The Bertz CT molecular complexity index is 859. The third kappa shape index (κ3) is 5.58. The van der Waals surface area contributed by atoms with Gasteiger partial charge in [-0.15, -0.1) is 21.5 Å². The number of nitrogens with zero attached hydrogens (tertiary/aromatic N) is 3. The number of esters is 1. The molecule has 1 atom stereocenters. The molecule has 0 aliphatic carbocycles. The van der Waals surface area contributed by atoms with Crippen molar-refractivity contribution in [3.8, 4) is 0 Å². The number of thioether (sulfide) groups is 1. The van der Waals surface area contributed by atoms with Gasteiger partial charge >= 0.3 is 5.97 Å². The van der Waals surface area contributed by atoms with Gasteiger partial charge in [-0.3, -0.25) is 4.79 Å². The Morgan fingerprint density at radius 3 is 2.93 bits per heavy atom. The number of rotatable bonds is 9. The average Bonchev–Trinajstić information content (AvgIpc) is 3.41. The zero-order chi connectivity index (χ0) is 20.8. The van der Waals surface area contributed by atoms with Crippen molar-refractivity contribution in [2.45, 2.75) is 57.8 Å². The lowest BCUT2D eigenvalue weighted by Gasteiger charge is -2.14. The molecule has 0 spiro atoms. The van der Waals surface area contributed by atoms with Crippen LogP contribution in [0, 0.1) is 6.92 Å². The minimum absolute atomic E-state index is 0.172. The molecule has 8 nitrogen and oxygen atoms in total. The van der Waals surface area contributed by atoms with E-state index in [-0.39, 0.29) is 24.4 Å². The van der Waals surface area contributed by atoms with Crippen LogP contribution in [-0.4, -0.2) is 51.7 Å². The quantitative estimate of drug-likeness (QED) is 0.474. The lowest BCUT2D eigenvalue weighted by Crippen LogP contribution is -2.19. The van der Waals surface area contributed by atoms with E-state index in [0.717, 1.165) is 36.6 Å². The summed E-state index contributed by atoms with van der Waals surface area (Å²) in [5, 5.41) is 12.6. The minimum Gasteiger partial charge on any atom is -0.462 e. The maximum absolute atomic E-state index is 12.5. The van der Waals surface area contributed by atoms with Crippen LogP contribution in [0.1, 0.15) is 47.7 Å². The van der Waals surface area contributed by atoms with Gasteiger partial charge in [0.1, 0.15) is 10.8 Å². The number of aromatic nitrogens is 3. The fourth-order valence-corrected chi connectivity index (χ4v) is 4.81. The van der Waals surface area contributed by atoms with Crippen molar-refractivity contribution >= 4 is 40.0 Å². The SMILES string of the molecule is CCOC(=O)c1cc(C)sc1NC(=O)CSc1nnc(CC)n1CC1CCCO1. The lowest BCUT2D eigenvalue weighted by molar-refractivity contribution is -0.113. The van der Waals surface area contributed by atoms with Crippen LogP contribution in [0.25, 0.3) is 0 Å². The molecule has 3 rings (SSSR count). The van der Waals surface area contributed by atoms with Crippen molar-refractivity contribution in [2.24, 2.45) is 0 Å². The Labute approximate surface area is 178 Å². The number of aryl methyl sites for hydroxylation is 2. The molecule has 1 fully saturated rings. The van der Waals surface area contributed by atoms with Crippen molar-refractivity contribution in [1.82, 2.24) is 14.8 Å². The van der Waals surface area contributed by atoms with E-state index in [9.17, 15) is 9.59 Å². The molecule has 1 amide bonds. The number of carbonyl (C=O) groups excluding carboxylic acids is 2. The molecule has 1 saturated heterocycles. The first-order chi connectivity index (χ1) is 14.0. The number of ether oxygens (including phenoxy) is 2. The standard InChI is InChI=1S/C19H26N4O4S2/c1-4-15-21-22-19(23(15)10-13-7-6-8-27-13)28-11-16(24)20-17-14(9-12(3)29-17)18(25)26-5-2/h9,13H,4-8,10-11H2,1-3H3,(H,20,24). The molecule has 29 heavy (non-hydrogen) atoms. The molecule has 0 bridgehead atoms. The van der Waals surface area contributed by atoms with Crippen molar-refractivity contribution in [3.63, 3.8) is 0 Å². The van der Waals surface area contributed by atoms with E-state index in [4.69, 9.17) is 9.47 Å². The molecule has 1 N–H and O–H groups in total. The van der Waals surface area contributed by atoms with Crippen LogP contribution in [0.4, 0.5) is 5.00 Å². The van der Waals surface area contributed by atoms with Crippen molar-refractivity contribution in [1.29, 1.82) is 0 Å². The summed E-state index contributed by atoms with van der Waals surface area (Å²) in [5.74, 6) is 0.435. The van der Waals surface area contributed by atoms with E-state index in [2.05, 4.69) is 15.5 Å². The van der Waals surface area contributed by atoms with Crippen molar-refractivity contribution in [3.05, 3.63) is 22.3 Å². The molecule has 0 radical (unpaired) electrons. The van der Waals surface area contributed by atoms with E-state index in [0.29, 0.717) is 22.3 Å². The fourth-order valence-electron chi connectivity index (χ4n) is 3.12. The monoisotopic (exact) mass is 438 g/mol. The lowest BCUT2D eigenvalue weighted by atomic mass is 10.2. The highest BCUT2D eigenvalue weighted by Crippen LogP contribution is 2.29. The van der Waals surface area contributed by atoms with Crippen LogP contribution in [-0.2, 0) is 27.2 Å². The molecular weight excluding hydrogens is 412 g/mol. The summed E-state index contributed by atoms with van der Waals surface area (Å²) in [7, 11) is 0. The van der Waals surface area contributed by atoms with Gasteiger partial charge in [-0.2, -0.15) is 0 Å². The Hall–Kier alpha value is -1.91. The summed E-state index contributed by atoms with van der Waals surface area (Å²) in [6.45, 7) is 7.46. The van der Waals surface area contributed by atoms with Crippen LogP contribution in [0.3, 0.4) is 0 Å². The minimum atomic E-state index is -0.427. The number of amides is 1. The molecule has 1 aliphatic heterocycles. The van der Waals surface area contributed by atoms with E-state index < -0.39 is 5.97 Å². The highest BCUT2D eigenvalue weighted by molar-refractivity contribution is 7.99. The normalized spacial score (nSPS) is 16.2. The molecule has 2 aromatic rings. The number of thiophene rings is 1. The highest BCUT2D eigenvalue weighted by atomic mass is 32.2. The van der Waals surface area contributed by atoms with Gasteiger partial charge < -0.3 is 19.4 Å². The Balaban J connectivity index is 1.63. The summed E-state index contributed by atoms with van der Waals surface area (Å²) in [5.41, 5.74) is 0.391. The zero-order valence-corrected chi connectivity index (χ0v) is 18.5. The molecule has 0 saturated carbocycles. The second-order valence-electron chi connectivity index (χ2n) is 6.66. The smallest absolute Gasteiger partial charge is 0.341 e. The predicted octanol–water partition coefficient (Wildman–Crippen LogP) is 3.30. The van der Waals surface area contributed by atoms with E-state index in [1.54, 1.807) is 13.0 Å². The second kappa shape index (κ2) is 10.2. The fraction of sp³-hybridized carbons (Fsp3) is 0.579. The number of anilines is 1. The van der Waals surface area contributed by atoms with E-state index in [1.807, 2.05) is 18.4 Å². The largest absolute Gasteiger partial charge is 0.462 e. The Kier molecular flexibility index (Phi) is 7.68. The van der Waals surface area contributed by atoms with Crippen molar-refractivity contribution < 1.29 is 19.1 Å². The second-order valence-corrected chi connectivity index (χ2v) is 8.85. The number of nitrogens with one attached hydrogen (secondary N) is 1. The predicted molar refractivity (Wildman–Crippen MR) is 113 cm³/mol. The number of hydrogen-bond donors (Lipinski definition) is 1. The van der Waals surface area contributed by atoms with Crippen LogP contribution < -0.4 is 5.32 Å². The van der Waals surface area contributed by atoms with Gasteiger partial charge in [0.25, 0.3) is 0 Å². The van der Waals surface area contributed by atoms with Crippen LogP contribution in [0.5, 0.6) is 0 Å². The number of hydrogen-bond acceptors (Lipinski definition) is 8. The topological polar surface area (TPSA) is 95.3 Å². The molecule has 1 unspecified atom stereocenters. The van der Waals surface area contributed by atoms with Gasteiger partial charge in [0, 0.05) is 17.9 Å². The first-order valence-corrected chi connectivity index (χ1v) is 11.6. The molecule has 1 aliphatic rings. The van der Waals surface area contributed by atoms with Gasteiger partial charge in [-0.1, -0.05) is 18.7 Å². The summed E-state index contributed by atoms with van der Waals surface area (Å²) in [4.78, 5) is 25.5. The Morgan fingerprint density at radius 2 is 2.24 bits per heavy atom. The van der Waals surface area contributed by atoms with Gasteiger partial charge in [0.15, 0.2) is 5.16 Å². The molecule has 2 aromatic heterocycles. The molecular formula is C19H26N4O4S2. The van der Waals surface area contributed by atoms with Crippen LogP contribution in [0.2, 0.25) is 0 Å². The highest BCUT2D eigenvalue weighted by Gasteiger charge is 2.22. The third-order valence-corrected chi connectivity index (χ3v) is 6.39. The van der Waals surface area contributed by atoms with Crippen LogP contribution >= 0.6 is 23.1 Å². The molecule has 158 valence electrons.